The molecule has 0 spiro atoms. The lowest BCUT2D eigenvalue weighted by Gasteiger charge is -2.06. The molecule has 84 valence electrons. The van der Waals surface area contributed by atoms with Crippen LogP contribution in [-0.2, 0) is 0 Å². The topological polar surface area (TPSA) is 25.8 Å². The van der Waals surface area contributed by atoms with Crippen LogP contribution in [0.25, 0.3) is 21.8 Å². The predicted molar refractivity (Wildman–Crippen MR) is 72.1 cm³/mol. The molecule has 0 bridgehead atoms. The number of aromatic nitrogens is 2. The number of rotatable bonds is 0. The molecular formula is C12H5Cl3N2. The van der Waals surface area contributed by atoms with Gasteiger partial charge in [0.2, 0.25) is 0 Å². The highest BCUT2D eigenvalue weighted by Crippen LogP contribution is 2.36. The fraction of sp³-hybridized carbons (Fsp3) is 0. The number of fused-ring (bicyclic) bond motifs is 3. The fourth-order valence-corrected chi connectivity index (χ4v) is 2.39. The van der Waals surface area contributed by atoms with Gasteiger partial charge in [0.05, 0.1) is 21.1 Å². The van der Waals surface area contributed by atoms with Gasteiger partial charge in [0.1, 0.15) is 5.15 Å². The third kappa shape index (κ3) is 1.64. The van der Waals surface area contributed by atoms with Gasteiger partial charge in [-0.3, -0.25) is 4.98 Å². The Balaban J connectivity index is 2.59. The molecule has 0 aliphatic rings. The summed E-state index contributed by atoms with van der Waals surface area (Å²) in [6.45, 7) is 0. The second-order valence-corrected chi connectivity index (χ2v) is 4.68. The standard InChI is InChI=1S/C12H5Cl3N2/c13-8-7-4-3-6-2-1-5-16-10(6)11(7)17-12(15)9(8)14/h1-5H. The van der Waals surface area contributed by atoms with Crippen LogP contribution in [0.2, 0.25) is 15.2 Å². The van der Waals surface area contributed by atoms with Crippen LogP contribution in [0.4, 0.5) is 0 Å². The van der Waals surface area contributed by atoms with Gasteiger partial charge in [-0.1, -0.05) is 53.0 Å². The summed E-state index contributed by atoms with van der Waals surface area (Å²) in [5, 5.41) is 2.63. The molecule has 0 N–H and O–H groups in total. The van der Waals surface area contributed by atoms with Gasteiger partial charge in [0.15, 0.2) is 0 Å². The SMILES string of the molecule is Clc1nc2c(ccc3cccnc32)c(Cl)c1Cl. The molecular weight excluding hydrogens is 279 g/mol. The summed E-state index contributed by atoms with van der Waals surface area (Å²) in [6.07, 6.45) is 1.71. The third-order valence-electron chi connectivity index (χ3n) is 2.57. The highest BCUT2D eigenvalue weighted by atomic mass is 35.5. The van der Waals surface area contributed by atoms with E-state index in [2.05, 4.69) is 9.97 Å². The molecule has 3 aromatic rings. The first-order valence-electron chi connectivity index (χ1n) is 4.86. The van der Waals surface area contributed by atoms with Gasteiger partial charge >= 0.3 is 0 Å². The van der Waals surface area contributed by atoms with E-state index in [0.717, 1.165) is 16.3 Å². The summed E-state index contributed by atoms with van der Waals surface area (Å²) >= 11 is 18.0. The van der Waals surface area contributed by atoms with Crippen molar-refractivity contribution >= 4 is 56.6 Å². The average Bonchev–Trinajstić information content (AvgIpc) is 2.36. The summed E-state index contributed by atoms with van der Waals surface area (Å²) < 4.78 is 0. The van der Waals surface area contributed by atoms with Crippen molar-refractivity contribution < 1.29 is 0 Å². The van der Waals surface area contributed by atoms with E-state index in [9.17, 15) is 0 Å². The largest absolute Gasteiger partial charge is 0.254 e. The molecule has 0 fully saturated rings. The molecule has 1 aromatic carbocycles. The van der Waals surface area contributed by atoms with Crippen LogP contribution in [-0.4, -0.2) is 9.97 Å². The Morgan fingerprint density at radius 3 is 2.53 bits per heavy atom. The molecule has 2 heterocycles. The molecule has 0 saturated carbocycles. The molecule has 0 amide bonds. The van der Waals surface area contributed by atoms with Crippen LogP contribution >= 0.6 is 34.8 Å². The van der Waals surface area contributed by atoms with Gasteiger partial charge in [0, 0.05) is 17.0 Å². The molecule has 0 aliphatic carbocycles. The van der Waals surface area contributed by atoms with Crippen molar-refractivity contribution in [3.8, 4) is 0 Å². The quantitative estimate of drug-likeness (QED) is 0.440. The number of halogens is 3. The first-order chi connectivity index (χ1) is 8.18. The van der Waals surface area contributed by atoms with Crippen molar-refractivity contribution in [2.24, 2.45) is 0 Å². The monoisotopic (exact) mass is 282 g/mol. The fourth-order valence-electron chi connectivity index (χ4n) is 1.78. The van der Waals surface area contributed by atoms with E-state index < -0.39 is 0 Å². The first kappa shape index (κ1) is 11.0. The second-order valence-electron chi connectivity index (χ2n) is 3.57. The number of nitrogens with zero attached hydrogens (tertiary/aromatic N) is 2. The number of pyridine rings is 2. The highest BCUT2D eigenvalue weighted by Gasteiger charge is 2.12. The maximum absolute atomic E-state index is 6.15. The number of benzene rings is 1. The van der Waals surface area contributed by atoms with Crippen molar-refractivity contribution in [3.63, 3.8) is 0 Å². The Kier molecular flexibility index (Phi) is 2.58. The van der Waals surface area contributed by atoms with Crippen LogP contribution in [0.1, 0.15) is 0 Å². The summed E-state index contributed by atoms with van der Waals surface area (Å²) in [4.78, 5) is 8.55. The van der Waals surface area contributed by atoms with Crippen molar-refractivity contribution in [1.29, 1.82) is 0 Å². The Labute approximate surface area is 112 Å². The maximum atomic E-state index is 6.15. The lowest BCUT2D eigenvalue weighted by Crippen LogP contribution is -1.88. The van der Waals surface area contributed by atoms with Crippen LogP contribution in [0.15, 0.2) is 30.5 Å². The van der Waals surface area contributed by atoms with Gasteiger partial charge in [-0.2, -0.15) is 0 Å². The van der Waals surface area contributed by atoms with E-state index in [1.165, 1.54) is 0 Å². The van der Waals surface area contributed by atoms with Crippen LogP contribution < -0.4 is 0 Å². The third-order valence-corrected chi connectivity index (χ3v) is 3.80. The molecule has 2 aromatic heterocycles. The normalized spacial score (nSPS) is 11.2. The van der Waals surface area contributed by atoms with E-state index in [4.69, 9.17) is 34.8 Å². The van der Waals surface area contributed by atoms with E-state index in [-0.39, 0.29) is 10.2 Å². The molecule has 3 rings (SSSR count). The zero-order chi connectivity index (χ0) is 12.0. The molecule has 17 heavy (non-hydrogen) atoms. The van der Waals surface area contributed by atoms with Gasteiger partial charge in [-0.25, -0.2) is 4.98 Å². The summed E-state index contributed by atoms with van der Waals surface area (Å²) in [5.74, 6) is 0. The minimum Gasteiger partial charge on any atom is -0.254 e. The second kappa shape index (κ2) is 3.98. The van der Waals surface area contributed by atoms with Crippen molar-refractivity contribution in [1.82, 2.24) is 9.97 Å². The van der Waals surface area contributed by atoms with E-state index in [1.54, 1.807) is 6.20 Å². The minimum absolute atomic E-state index is 0.197. The van der Waals surface area contributed by atoms with Crippen LogP contribution in [0, 0.1) is 0 Å². The zero-order valence-corrected chi connectivity index (χ0v) is 10.7. The molecule has 5 heteroatoms. The van der Waals surface area contributed by atoms with Crippen molar-refractivity contribution in [2.45, 2.75) is 0 Å². The van der Waals surface area contributed by atoms with Gasteiger partial charge in [-0.15, -0.1) is 0 Å². The van der Waals surface area contributed by atoms with E-state index >= 15 is 0 Å². The first-order valence-corrected chi connectivity index (χ1v) is 6.00. The summed E-state index contributed by atoms with van der Waals surface area (Å²) in [7, 11) is 0. The highest BCUT2D eigenvalue weighted by molar-refractivity contribution is 6.50. The predicted octanol–water partition coefficient (Wildman–Crippen LogP) is 4.74. The zero-order valence-electron chi connectivity index (χ0n) is 8.42. The molecule has 0 aliphatic heterocycles. The molecule has 0 unspecified atom stereocenters. The Morgan fingerprint density at radius 2 is 1.71 bits per heavy atom. The summed E-state index contributed by atoms with van der Waals surface area (Å²) in [5.41, 5.74) is 1.44. The summed E-state index contributed by atoms with van der Waals surface area (Å²) in [6, 6.07) is 7.63. The van der Waals surface area contributed by atoms with E-state index in [1.807, 2.05) is 24.3 Å². The molecule has 0 atom stereocenters. The van der Waals surface area contributed by atoms with Crippen LogP contribution in [0.3, 0.4) is 0 Å². The maximum Gasteiger partial charge on any atom is 0.149 e. The van der Waals surface area contributed by atoms with Gasteiger partial charge in [0.25, 0.3) is 0 Å². The Bertz CT molecular complexity index is 740. The van der Waals surface area contributed by atoms with Gasteiger partial charge < -0.3 is 0 Å². The lowest BCUT2D eigenvalue weighted by atomic mass is 10.1. The minimum atomic E-state index is 0.197. The lowest BCUT2D eigenvalue weighted by molar-refractivity contribution is 1.37. The molecule has 2 nitrogen and oxygen atoms in total. The number of hydrogen-bond acceptors (Lipinski definition) is 2. The molecule has 0 saturated heterocycles. The van der Waals surface area contributed by atoms with E-state index in [0.29, 0.717) is 10.5 Å². The average molecular weight is 284 g/mol. The Morgan fingerprint density at radius 1 is 0.882 bits per heavy atom. The Hall–Kier alpha value is -1.09. The van der Waals surface area contributed by atoms with Gasteiger partial charge in [-0.05, 0) is 6.07 Å². The molecule has 0 radical (unpaired) electrons. The smallest absolute Gasteiger partial charge is 0.149 e. The van der Waals surface area contributed by atoms with Crippen LogP contribution in [0.5, 0.6) is 0 Å². The number of hydrogen-bond donors (Lipinski definition) is 0. The van der Waals surface area contributed by atoms with Crippen molar-refractivity contribution in [3.05, 3.63) is 45.7 Å². The van der Waals surface area contributed by atoms with Crippen molar-refractivity contribution in [2.75, 3.05) is 0 Å².